The number of benzene rings is 1. The molecule has 1 aromatic carbocycles. The first kappa shape index (κ1) is 15.2. The maximum Gasteiger partial charge on any atom is 0.317 e. The van der Waals surface area contributed by atoms with Crippen LogP contribution in [0.3, 0.4) is 0 Å². The molecule has 0 spiro atoms. The monoisotopic (exact) mass is 265 g/mol. The Morgan fingerprint density at radius 3 is 2.47 bits per heavy atom. The number of hydrogen-bond donors (Lipinski definition) is 0. The molecule has 0 amide bonds. The summed E-state index contributed by atoms with van der Waals surface area (Å²) in [6, 6.07) is 6.75. The summed E-state index contributed by atoms with van der Waals surface area (Å²) in [5.74, 6) is -1.03. The molecule has 1 rings (SSSR count). The van der Waals surface area contributed by atoms with Crippen molar-refractivity contribution in [2.45, 2.75) is 0 Å². The van der Waals surface area contributed by atoms with Crippen LogP contribution < -0.4 is 4.74 Å². The minimum absolute atomic E-state index is 0.264. The van der Waals surface area contributed by atoms with E-state index in [4.69, 9.17) is 9.47 Å². The number of ketones is 1. The highest BCUT2D eigenvalue weighted by molar-refractivity contribution is 6.09. The van der Waals surface area contributed by atoms with Crippen molar-refractivity contribution in [1.82, 2.24) is 4.90 Å². The molecule has 1 aromatic rings. The summed E-state index contributed by atoms with van der Waals surface area (Å²) in [5.41, 5.74) is 0.441. The first-order chi connectivity index (χ1) is 8.99. The third kappa shape index (κ3) is 4.06. The van der Waals surface area contributed by atoms with E-state index in [1.807, 2.05) is 0 Å². The van der Waals surface area contributed by atoms with Gasteiger partial charge < -0.3 is 14.4 Å². The number of nitrogens with zero attached hydrogens (tertiary/aromatic N) is 1. The predicted molar refractivity (Wildman–Crippen MR) is 71.4 cm³/mol. The molecule has 0 fully saturated rings. The van der Waals surface area contributed by atoms with Crippen LogP contribution in [-0.4, -0.2) is 51.5 Å². The van der Waals surface area contributed by atoms with Crippen molar-refractivity contribution in [1.29, 1.82) is 0 Å². The maximum atomic E-state index is 12.4. The molecule has 0 aliphatic heterocycles. The fourth-order valence-electron chi connectivity index (χ4n) is 1.75. The average molecular weight is 265 g/mol. The first-order valence-electron chi connectivity index (χ1n) is 5.90. The largest absolute Gasteiger partial charge is 0.497 e. The average Bonchev–Trinajstić information content (AvgIpc) is 2.43. The van der Waals surface area contributed by atoms with Gasteiger partial charge in [-0.15, -0.1) is 0 Å². The van der Waals surface area contributed by atoms with E-state index in [1.54, 1.807) is 43.3 Å². The highest BCUT2D eigenvalue weighted by Crippen LogP contribution is 2.17. The van der Waals surface area contributed by atoms with Gasteiger partial charge in [0.05, 0.1) is 14.2 Å². The number of methoxy groups -OCH3 is 2. The number of rotatable bonds is 6. The standard InChI is InChI=1S/C14H19NO4/c1-15(2)9-12(14(17)19-4)13(16)10-6-5-7-11(8-10)18-3/h5-8,12H,9H2,1-4H3. The van der Waals surface area contributed by atoms with Gasteiger partial charge in [-0.1, -0.05) is 12.1 Å². The van der Waals surface area contributed by atoms with Gasteiger partial charge in [0, 0.05) is 12.1 Å². The van der Waals surface area contributed by atoms with Gasteiger partial charge in [0.2, 0.25) is 0 Å². The molecular weight excluding hydrogens is 246 g/mol. The Labute approximate surface area is 113 Å². The van der Waals surface area contributed by atoms with Gasteiger partial charge in [0.1, 0.15) is 11.7 Å². The van der Waals surface area contributed by atoms with Gasteiger partial charge in [0.25, 0.3) is 0 Å². The van der Waals surface area contributed by atoms with Crippen LogP contribution in [0.15, 0.2) is 24.3 Å². The third-order valence-corrected chi connectivity index (χ3v) is 2.70. The minimum atomic E-state index is -0.827. The van der Waals surface area contributed by atoms with Crippen LogP contribution in [0, 0.1) is 5.92 Å². The molecule has 5 heteroatoms. The van der Waals surface area contributed by atoms with E-state index < -0.39 is 11.9 Å². The van der Waals surface area contributed by atoms with Gasteiger partial charge in [0.15, 0.2) is 5.78 Å². The van der Waals surface area contributed by atoms with Crippen molar-refractivity contribution in [3.8, 4) is 5.75 Å². The first-order valence-corrected chi connectivity index (χ1v) is 5.90. The topological polar surface area (TPSA) is 55.8 Å². The molecular formula is C14H19NO4. The SMILES string of the molecule is COC(=O)C(CN(C)C)C(=O)c1cccc(OC)c1. The summed E-state index contributed by atoms with van der Waals surface area (Å²) in [4.78, 5) is 25.9. The van der Waals surface area contributed by atoms with Crippen molar-refractivity contribution in [2.75, 3.05) is 34.9 Å². The van der Waals surface area contributed by atoms with E-state index in [1.165, 1.54) is 14.2 Å². The fourth-order valence-corrected chi connectivity index (χ4v) is 1.75. The molecule has 0 bridgehead atoms. The molecule has 0 aromatic heterocycles. The second-order valence-electron chi connectivity index (χ2n) is 4.43. The molecule has 1 atom stereocenters. The van der Waals surface area contributed by atoms with Gasteiger partial charge >= 0.3 is 5.97 Å². The number of carbonyl (C=O) groups excluding carboxylic acids is 2. The molecule has 0 saturated heterocycles. The third-order valence-electron chi connectivity index (χ3n) is 2.70. The summed E-state index contributed by atoms with van der Waals surface area (Å²) in [6.07, 6.45) is 0. The van der Waals surface area contributed by atoms with E-state index >= 15 is 0 Å². The van der Waals surface area contributed by atoms with E-state index in [9.17, 15) is 9.59 Å². The highest BCUT2D eigenvalue weighted by Gasteiger charge is 2.29. The van der Waals surface area contributed by atoms with E-state index in [0.717, 1.165) is 0 Å². The summed E-state index contributed by atoms with van der Waals surface area (Å²) in [7, 11) is 6.41. The lowest BCUT2D eigenvalue weighted by Crippen LogP contribution is -2.34. The van der Waals surface area contributed by atoms with Gasteiger partial charge in [-0.25, -0.2) is 0 Å². The number of carbonyl (C=O) groups is 2. The van der Waals surface area contributed by atoms with Crippen LogP contribution >= 0.6 is 0 Å². The second kappa shape index (κ2) is 6.89. The Morgan fingerprint density at radius 1 is 1.26 bits per heavy atom. The van der Waals surface area contributed by atoms with Gasteiger partial charge in [-0.2, -0.15) is 0 Å². The quantitative estimate of drug-likeness (QED) is 0.440. The Balaban J connectivity index is 3.00. The van der Waals surface area contributed by atoms with Crippen molar-refractivity contribution in [2.24, 2.45) is 5.92 Å². The molecule has 0 heterocycles. The Morgan fingerprint density at radius 2 is 1.95 bits per heavy atom. The molecule has 0 N–H and O–H groups in total. The minimum Gasteiger partial charge on any atom is -0.497 e. The lowest BCUT2D eigenvalue weighted by Gasteiger charge is -2.18. The zero-order chi connectivity index (χ0) is 14.4. The molecule has 19 heavy (non-hydrogen) atoms. The summed E-state index contributed by atoms with van der Waals surface area (Å²) < 4.78 is 9.77. The molecule has 5 nitrogen and oxygen atoms in total. The second-order valence-corrected chi connectivity index (χ2v) is 4.43. The molecule has 0 radical (unpaired) electrons. The zero-order valence-electron chi connectivity index (χ0n) is 11.7. The predicted octanol–water partition coefficient (Wildman–Crippen LogP) is 1.23. The van der Waals surface area contributed by atoms with E-state index in [0.29, 0.717) is 17.9 Å². The molecule has 0 aliphatic rings. The normalized spacial score (nSPS) is 12.1. The maximum absolute atomic E-state index is 12.4. The summed E-state index contributed by atoms with van der Waals surface area (Å²) in [6.45, 7) is 0.308. The van der Waals surface area contributed by atoms with Crippen LogP contribution in [0.1, 0.15) is 10.4 Å². The lowest BCUT2D eigenvalue weighted by atomic mass is 9.97. The van der Waals surface area contributed by atoms with E-state index in [2.05, 4.69) is 0 Å². The van der Waals surface area contributed by atoms with Crippen LogP contribution in [-0.2, 0) is 9.53 Å². The number of esters is 1. The summed E-state index contributed by atoms with van der Waals surface area (Å²) >= 11 is 0. The number of hydrogen-bond acceptors (Lipinski definition) is 5. The zero-order valence-corrected chi connectivity index (χ0v) is 11.7. The molecule has 104 valence electrons. The van der Waals surface area contributed by atoms with Crippen LogP contribution in [0.4, 0.5) is 0 Å². The van der Waals surface area contributed by atoms with Crippen LogP contribution in [0.25, 0.3) is 0 Å². The Hall–Kier alpha value is -1.88. The number of Topliss-reactive ketones (excluding diaryl/α,β-unsaturated/α-hetero) is 1. The van der Waals surface area contributed by atoms with Crippen molar-refractivity contribution >= 4 is 11.8 Å². The van der Waals surface area contributed by atoms with Crippen LogP contribution in [0.5, 0.6) is 5.75 Å². The Bertz CT molecular complexity index is 457. The molecule has 0 aliphatic carbocycles. The smallest absolute Gasteiger partial charge is 0.317 e. The van der Waals surface area contributed by atoms with Crippen molar-refractivity contribution in [3.63, 3.8) is 0 Å². The highest BCUT2D eigenvalue weighted by atomic mass is 16.5. The molecule has 0 saturated carbocycles. The van der Waals surface area contributed by atoms with Gasteiger partial charge in [-0.05, 0) is 26.2 Å². The Kier molecular flexibility index (Phi) is 5.51. The van der Waals surface area contributed by atoms with Crippen LogP contribution in [0.2, 0.25) is 0 Å². The van der Waals surface area contributed by atoms with Crippen molar-refractivity contribution in [3.05, 3.63) is 29.8 Å². The molecule has 1 unspecified atom stereocenters. The van der Waals surface area contributed by atoms with Crippen molar-refractivity contribution < 1.29 is 19.1 Å². The van der Waals surface area contributed by atoms with E-state index in [-0.39, 0.29) is 5.78 Å². The van der Waals surface area contributed by atoms with Gasteiger partial charge in [-0.3, -0.25) is 9.59 Å². The lowest BCUT2D eigenvalue weighted by molar-refractivity contribution is -0.144. The number of ether oxygens (including phenoxy) is 2. The summed E-state index contributed by atoms with van der Waals surface area (Å²) in [5, 5.41) is 0. The fraction of sp³-hybridized carbons (Fsp3) is 0.429.